The summed E-state index contributed by atoms with van der Waals surface area (Å²) in [5.74, 6) is 0.340. The van der Waals surface area contributed by atoms with E-state index in [0.717, 1.165) is 24.9 Å². The highest BCUT2D eigenvalue weighted by Crippen LogP contribution is 2.34. The number of hydrogen-bond acceptors (Lipinski definition) is 3. The van der Waals surface area contributed by atoms with Crippen LogP contribution >= 0.6 is 11.6 Å². The van der Waals surface area contributed by atoms with Crippen LogP contribution in [0.4, 0.5) is 5.69 Å². The molecule has 1 heterocycles. The van der Waals surface area contributed by atoms with E-state index >= 15 is 0 Å². The Balaban J connectivity index is 1.85. The first-order valence-corrected chi connectivity index (χ1v) is 6.80. The Bertz CT molecular complexity index is 583. The summed E-state index contributed by atoms with van der Waals surface area (Å²) in [5.41, 5.74) is 3.46. The highest BCUT2D eigenvalue weighted by molar-refractivity contribution is 6.29. The van der Waals surface area contributed by atoms with E-state index in [2.05, 4.69) is 10.3 Å². The number of pyridine rings is 1. The zero-order valence-electron chi connectivity index (χ0n) is 10.4. The molecule has 0 saturated carbocycles. The molecular weight excluding hydrogens is 260 g/mol. The second kappa shape index (κ2) is 5.10. The Morgan fingerprint density at radius 1 is 1.26 bits per heavy atom. The molecule has 1 aromatic heterocycles. The van der Waals surface area contributed by atoms with Crippen LogP contribution in [-0.2, 0) is 6.42 Å². The Kier molecular flexibility index (Phi) is 3.30. The van der Waals surface area contributed by atoms with E-state index in [9.17, 15) is 5.11 Å². The Morgan fingerprint density at radius 3 is 2.95 bits per heavy atom. The number of phenolic OH excluding ortho intramolecular Hbond substituents is 1. The van der Waals surface area contributed by atoms with Gasteiger partial charge < -0.3 is 10.4 Å². The average molecular weight is 275 g/mol. The minimum absolute atomic E-state index is 0.271. The van der Waals surface area contributed by atoms with Crippen LogP contribution in [0, 0.1) is 0 Å². The lowest BCUT2D eigenvalue weighted by molar-refractivity contribution is 0.472. The predicted octanol–water partition coefficient (Wildman–Crippen LogP) is 3.93. The van der Waals surface area contributed by atoms with Crippen molar-refractivity contribution >= 4 is 17.3 Å². The van der Waals surface area contributed by atoms with Crippen molar-refractivity contribution in [3.05, 3.63) is 52.8 Å². The third kappa shape index (κ3) is 2.66. The Labute approximate surface area is 117 Å². The van der Waals surface area contributed by atoms with E-state index < -0.39 is 0 Å². The lowest BCUT2D eigenvalue weighted by atomic mass is 9.87. The van der Waals surface area contributed by atoms with Crippen molar-refractivity contribution in [2.75, 3.05) is 5.32 Å². The molecule has 0 spiro atoms. The number of nitrogens with zero attached hydrogens (tertiary/aromatic N) is 1. The molecule has 0 bridgehead atoms. The topological polar surface area (TPSA) is 45.1 Å². The van der Waals surface area contributed by atoms with Gasteiger partial charge in [-0.1, -0.05) is 17.7 Å². The van der Waals surface area contributed by atoms with E-state index in [1.807, 2.05) is 18.2 Å². The van der Waals surface area contributed by atoms with Gasteiger partial charge in [-0.25, -0.2) is 4.98 Å². The van der Waals surface area contributed by atoms with Crippen molar-refractivity contribution in [2.45, 2.75) is 25.3 Å². The Morgan fingerprint density at radius 2 is 2.16 bits per heavy atom. The maximum absolute atomic E-state index is 9.55. The van der Waals surface area contributed by atoms with E-state index in [1.54, 1.807) is 18.3 Å². The first kappa shape index (κ1) is 12.3. The molecule has 0 amide bonds. The fraction of sp³-hybridized carbons (Fsp3) is 0.267. The summed E-state index contributed by atoms with van der Waals surface area (Å²) in [6.07, 6.45) is 4.98. The molecule has 1 aliphatic rings. The molecule has 1 aromatic carbocycles. The third-order valence-electron chi connectivity index (χ3n) is 3.51. The molecule has 98 valence electrons. The zero-order chi connectivity index (χ0) is 13.2. The van der Waals surface area contributed by atoms with Crippen LogP contribution in [0.1, 0.15) is 30.0 Å². The molecule has 1 atom stereocenters. The summed E-state index contributed by atoms with van der Waals surface area (Å²) in [5, 5.41) is 13.5. The molecule has 0 radical (unpaired) electrons. The van der Waals surface area contributed by atoms with E-state index in [1.165, 1.54) is 11.1 Å². The number of hydrogen-bond donors (Lipinski definition) is 2. The monoisotopic (exact) mass is 274 g/mol. The second-order valence-electron chi connectivity index (χ2n) is 4.84. The van der Waals surface area contributed by atoms with Gasteiger partial charge in [-0.05, 0) is 54.7 Å². The second-order valence-corrected chi connectivity index (χ2v) is 5.23. The summed E-state index contributed by atoms with van der Waals surface area (Å²) in [6, 6.07) is 9.61. The molecule has 4 heteroatoms. The minimum atomic E-state index is 0.271. The number of rotatable bonds is 2. The van der Waals surface area contributed by atoms with Gasteiger partial charge in [-0.3, -0.25) is 0 Å². The number of aromatic hydroxyl groups is 1. The standard InChI is InChI=1S/C15H15ClN2O/c16-15-7-4-11(9-17-15)18-14-3-1-2-10-8-12(19)5-6-13(10)14/h4-9,14,18-19H,1-3H2. The Hall–Kier alpha value is -1.74. The average Bonchev–Trinajstić information content (AvgIpc) is 2.41. The lowest BCUT2D eigenvalue weighted by Crippen LogP contribution is -2.17. The van der Waals surface area contributed by atoms with Crippen molar-refractivity contribution in [1.82, 2.24) is 4.98 Å². The van der Waals surface area contributed by atoms with E-state index in [4.69, 9.17) is 11.6 Å². The SMILES string of the molecule is Oc1ccc2c(c1)CCCC2Nc1ccc(Cl)nc1. The van der Waals surface area contributed by atoms with Gasteiger partial charge >= 0.3 is 0 Å². The molecular formula is C15H15ClN2O. The molecule has 1 unspecified atom stereocenters. The maximum atomic E-state index is 9.55. The van der Waals surface area contributed by atoms with Gasteiger partial charge in [0.25, 0.3) is 0 Å². The number of benzene rings is 1. The smallest absolute Gasteiger partial charge is 0.129 e. The molecule has 3 rings (SSSR count). The van der Waals surface area contributed by atoms with Gasteiger partial charge in [0.15, 0.2) is 0 Å². The molecule has 2 aromatic rings. The summed E-state index contributed by atoms with van der Waals surface area (Å²) in [6.45, 7) is 0. The lowest BCUT2D eigenvalue weighted by Gasteiger charge is -2.27. The maximum Gasteiger partial charge on any atom is 0.129 e. The van der Waals surface area contributed by atoms with Crippen molar-refractivity contribution in [3.63, 3.8) is 0 Å². The number of halogens is 1. The van der Waals surface area contributed by atoms with Crippen molar-refractivity contribution < 1.29 is 5.11 Å². The number of fused-ring (bicyclic) bond motifs is 1. The van der Waals surface area contributed by atoms with Crippen molar-refractivity contribution in [2.24, 2.45) is 0 Å². The van der Waals surface area contributed by atoms with Gasteiger partial charge in [0.2, 0.25) is 0 Å². The van der Waals surface area contributed by atoms with Gasteiger partial charge in [0.1, 0.15) is 10.9 Å². The summed E-state index contributed by atoms with van der Waals surface area (Å²) in [7, 11) is 0. The molecule has 0 fully saturated rings. The molecule has 3 nitrogen and oxygen atoms in total. The molecule has 19 heavy (non-hydrogen) atoms. The van der Waals surface area contributed by atoms with Crippen LogP contribution in [0.2, 0.25) is 5.15 Å². The summed E-state index contributed by atoms with van der Waals surface area (Å²) < 4.78 is 0. The van der Waals surface area contributed by atoms with E-state index in [0.29, 0.717) is 10.9 Å². The minimum Gasteiger partial charge on any atom is -0.508 e. The van der Waals surface area contributed by atoms with Crippen LogP contribution in [0.5, 0.6) is 5.75 Å². The van der Waals surface area contributed by atoms with Gasteiger partial charge in [0.05, 0.1) is 17.9 Å². The zero-order valence-corrected chi connectivity index (χ0v) is 11.2. The highest BCUT2D eigenvalue weighted by Gasteiger charge is 2.20. The normalized spacial score (nSPS) is 17.8. The number of aromatic nitrogens is 1. The largest absolute Gasteiger partial charge is 0.508 e. The number of phenols is 1. The predicted molar refractivity (Wildman–Crippen MR) is 76.7 cm³/mol. The van der Waals surface area contributed by atoms with Crippen LogP contribution in [-0.4, -0.2) is 10.1 Å². The highest BCUT2D eigenvalue weighted by atomic mass is 35.5. The summed E-state index contributed by atoms with van der Waals surface area (Å²) in [4.78, 5) is 4.08. The molecule has 2 N–H and O–H groups in total. The van der Waals surface area contributed by atoms with Crippen LogP contribution in [0.25, 0.3) is 0 Å². The first-order chi connectivity index (χ1) is 9.22. The fourth-order valence-corrected chi connectivity index (χ4v) is 2.72. The van der Waals surface area contributed by atoms with E-state index in [-0.39, 0.29) is 6.04 Å². The van der Waals surface area contributed by atoms with Gasteiger partial charge in [-0.15, -0.1) is 0 Å². The molecule has 1 aliphatic carbocycles. The molecule has 0 saturated heterocycles. The van der Waals surface area contributed by atoms with Crippen LogP contribution < -0.4 is 5.32 Å². The third-order valence-corrected chi connectivity index (χ3v) is 3.73. The number of anilines is 1. The first-order valence-electron chi connectivity index (χ1n) is 6.42. The van der Waals surface area contributed by atoms with Gasteiger partial charge in [-0.2, -0.15) is 0 Å². The van der Waals surface area contributed by atoms with Crippen molar-refractivity contribution in [1.29, 1.82) is 0 Å². The summed E-state index contributed by atoms with van der Waals surface area (Å²) >= 11 is 5.79. The van der Waals surface area contributed by atoms with Gasteiger partial charge in [0, 0.05) is 0 Å². The van der Waals surface area contributed by atoms with Crippen LogP contribution in [0.15, 0.2) is 36.5 Å². The fourth-order valence-electron chi connectivity index (χ4n) is 2.61. The molecule has 0 aliphatic heterocycles. The number of aryl methyl sites for hydroxylation is 1. The quantitative estimate of drug-likeness (QED) is 0.816. The van der Waals surface area contributed by atoms with Crippen molar-refractivity contribution in [3.8, 4) is 5.75 Å². The number of nitrogens with one attached hydrogen (secondary N) is 1. The van der Waals surface area contributed by atoms with Crippen LogP contribution in [0.3, 0.4) is 0 Å².